The second-order valence-corrected chi connectivity index (χ2v) is 5.40. The number of hydrogen-bond acceptors (Lipinski definition) is 6. The average molecular weight is 378 g/mol. The lowest BCUT2D eigenvalue weighted by Crippen LogP contribution is -2.23. The second kappa shape index (κ2) is 9.43. The Hall–Kier alpha value is -3.06. The summed E-state index contributed by atoms with van der Waals surface area (Å²) in [5.74, 6) is -1.36. The molecule has 0 aliphatic heterocycles. The highest BCUT2D eigenvalue weighted by atomic mass is 35.5. The molecule has 0 atom stereocenters. The first-order valence-electron chi connectivity index (χ1n) is 7.51. The summed E-state index contributed by atoms with van der Waals surface area (Å²) >= 11 is 5.90. The van der Waals surface area contributed by atoms with Crippen molar-refractivity contribution in [2.75, 3.05) is 25.6 Å². The molecule has 2 rings (SSSR count). The first-order valence-corrected chi connectivity index (χ1v) is 7.88. The zero-order chi connectivity index (χ0) is 18.9. The van der Waals surface area contributed by atoms with E-state index in [9.17, 15) is 14.4 Å². The van der Waals surface area contributed by atoms with E-state index in [1.807, 2.05) is 0 Å². The number of ether oxygens (including phenoxy) is 3. The molecule has 2 aromatic carbocycles. The molecule has 2 aromatic rings. The fraction of sp³-hybridized carbons (Fsp3) is 0.167. The van der Waals surface area contributed by atoms with Crippen LogP contribution in [0.1, 0.15) is 10.4 Å². The van der Waals surface area contributed by atoms with Crippen LogP contribution in [0.4, 0.5) is 5.69 Å². The summed E-state index contributed by atoms with van der Waals surface area (Å²) in [7, 11) is 1.28. The van der Waals surface area contributed by atoms with Gasteiger partial charge in [0.05, 0.1) is 17.7 Å². The van der Waals surface area contributed by atoms with Gasteiger partial charge in [-0.05, 0) is 36.4 Å². The molecule has 0 aliphatic rings. The molecule has 0 unspecified atom stereocenters. The van der Waals surface area contributed by atoms with Crippen LogP contribution in [-0.2, 0) is 19.1 Å². The Bertz CT molecular complexity index is 791. The van der Waals surface area contributed by atoms with E-state index in [0.29, 0.717) is 22.0 Å². The number of rotatable bonds is 7. The highest BCUT2D eigenvalue weighted by Gasteiger charge is 2.11. The van der Waals surface area contributed by atoms with E-state index in [1.54, 1.807) is 24.3 Å². The predicted octanol–water partition coefficient (Wildman–Crippen LogP) is 2.69. The molecule has 0 saturated heterocycles. The Labute approximate surface area is 154 Å². The Balaban J connectivity index is 1.75. The second-order valence-electron chi connectivity index (χ2n) is 5.00. The van der Waals surface area contributed by atoms with Crippen LogP contribution in [0.25, 0.3) is 0 Å². The highest BCUT2D eigenvalue weighted by Crippen LogP contribution is 2.22. The molecule has 0 spiro atoms. The molecule has 0 heterocycles. The summed E-state index contributed by atoms with van der Waals surface area (Å²) in [6, 6.07) is 12.8. The van der Waals surface area contributed by atoms with Gasteiger partial charge in [-0.1, -0.05) is 23.7 Å². The number of hydrogen-bond donors (Lipinski definition) is 1. The lowest BCUT2D eigenvalue weighted by atomic mass is 10.2. The van der Waals surface area contributed by atoms with Gasteiger partial charge >= 0.3 is 11.9 Å². The molecule has 0 aromatic heterocycles. The summed E-state index contributed by atoms with van der Waals surface area (Å²) in [4.78, 5) is 34.7. The number of benzene rings is 2. The molecule has 0 radical (unpaired) electrons. The van der Waals surface area contributed by atoms with Gasteiger partial charge in [0.2, 0.25) is 0 Å². The van der Waals surface area contributed by atoms with Gasteiger partial charge in [0, 0.05) is 5.69 Å². The maximum Gasteiger partial charge on any atom is 0.344 e. The highest BCUT2D eigenvalue weighted by molar-refractivity contribution is 6.32. The third-order valence-corrected chi connectivity index (χ3v) is 3.45. The summed E-state index contributed by atoms with van der Waals surface area (Å²) in [5, 5.41) is 2.90. The van der Waals surface area contributed by atoms with Gasteiger partial charge in [-0.3, -0.25) is 4.79 Å². The molecule has 0 aliphatic carbocycles. The Morgan fingerprint density at radius 2 is 1.69 bits per heavy atom. The maximum atomic E-state index is 11.8. The number of para-hydroxylation sites is 1. The monoisotopic (exact) mass is 377 g/mol. The number of carbonyl (C=O) groups excluding carboxylic acids is 3. The van der Waals surface area contributed by atoms with Gasteiger partial charge in [-0.2, -0.15) is 0 Å². The van der Waals surface area contributed by atoms with Crippen LogP contribution in [0.2, 0.25) is 5.02 Å². The van der Waals surface area contributed by atoms with Gasteiger partial charge < -0.3 is 19.5 Å². The van der Waals surface area contributed by atoms with Crippen LogP contribution < -0.4 is 10.1 Å². The Morgan fingerprint density at radius 1 is 1.00 bits per heavy atom. The minimum Gasteiger partial charge on any atom is -0.480 e. The van der Waals surface area contributed by atoms with E-state index in [0.717, 1.165) is 0 Å². The number of methoxy groups -OCH3 is 1. The topological polar surface area (TPSA) is 90.9 Å². The van der Waals surface area contributed by atoms with Crippen LogP contribution in [0.3, 0.4) is 0 Å². The van der Waals surface area contributed by atoms with Crippen molar-refractivity contribution in [1.29, 1.82) is 0 Å². The molecule has 1 N–H and O–H groups in total. The predicted molar refractivity (Wildman–Crippen MR) is 94.3 cm³/mol. The van der Waals surface area contributed by atoms with E-state index in [-0.39, 0.29) is 6.61 Å². The summed E-state index contributed by atoms with van der Waals surface area (Å²) in [5.41, 5.74) is 0.805. The number of nitrogens with one attached hydrogen (secondary N) is 1. The minimum absolute atomic E-state index is 0.348. The van der Waals surface area contributed by atoms with Gasteiger partial charge in [0.25, 0.3) is 5.91 Å². The molecule has 8 heteroatoms. The lowest BCUT2D eigenvalue weighted by molar-refractivity contribution is -0.149. The van der Waals surface area contributed by atoms with Gasteiger partial charge in [0.15, 0.2) is 13.2 Å². The standard InChI is InChI=1S/C18H16ClNO6/c1-24-18(23)12-6-8-13(9-7-12)20-16(21)10-26-17(22)11-25-15-5-3-2-4-14(15)19/h2-9H,10-11H2,1H3,(H,20,21). The van der Waals surface area contributed by atoms with Gasteiger partial charge in [-0.25, -0.2) is 9.59 Å². The molecule has 0 bridgehead atoms. The van der Waals surface area contributed by atoms with E-state index >= 15 is 0 Å². The van der Waals surface area contributed by atoms with Crippen molar-refractivity contribution in [3.63, 3.8) is 0 Å². The van der Waals surface area contributed by atoms with E-state index < -0.39 is 24.5 Å². The first-order chi connectivity index (χ1) is 12.5. The summed E-state index contributed by atoms with van der Waals surface area (Å²) in [6.07, 6.45) is 0. The molecule has 136 valence electrons. The number of halogens is 1. The van der Waals surface area contributed by atoms with E-state index in [1.165, 1.54) is 31.4 Å². The van der Waals surface area contributed by atoms with E-state index in [2.05, 4.69) is 10.1 Å². The van der Waals surface area contributed by atoms with Crippen molar-refractivity contribution in [2.45, 2.75) is 0 Å². The largest absolute Gasteiger partial charge is 0.480 e. The molecule has 26 heavy (non-hydrogen) atoms. The third kappa shape index (κ3) is 5.78. The fourth-order valence-corrected chi connectivity index (χ4v) is 2.08. The average Bonchev–Trinajstić information content (AvgIpc) is 2.65. The lowest BCUT2D eigenvalue weighted by Gasteiger charge is -2.09. The minimum atomic E-state index is -0.707. The number of anilines is 1. The molecule has 0 saturated carbocycles. The number of amides is 1. The van der Waals surface area contributed by atoms with Gasteiger partial charge in [0.1, 0.15) is 5.75 Å². The normalized spacial score (nSPS) is 9.92. The van der Waals surface area contributed by atoms with Crippen molar-refractivity contribution in [2.24, 2.45) is 0 Å². The smallest absolute Gasteiger partial charge is 0.344 e. The zero-order valence-electron chi connectivity index (χ0n) is 13.9. The van der Waals surface area contributed by atoms with Crippen LogP contribution in [0, 0.1) is 0 Å². The number of carbonyl (C=O) groups is 3. The molecular formula is C18H16ClNO6. The van der Waals surface area contributed by atoms with Crippen molar-refractivity contribution in [1.82, 2.24) is 0 Å². The van der Waals surface area contributed by atoms with Crippen LogP contribution in [-0.4, -0.2) is 38.2 Å². The molecule has 1 amide bonds. The van der Waals surface area contributed by atoms with Crippen LogP contribution >= 0.6 is 11.6 Å². The van der Waals surface area contributed by atoms with E-state index in [4.69, 9.17) is 21.1 Å². The SMILES string of the molecule is COC(=O)c1ccc(NC(=O)COC(=O)COc2ccccc2Cl)cc1. The molecule has 0 fully saturated rings. The maximum absolute atomic E-state index is 11.8. The fourth-order valence-electron chi connectivity index (χ4n) is 1.89. The van der Waals surface area contributed by atoms with Crippen LogP contribution in [0.5, 0.6) is 5.75 Å². The van der Waals surface area contributed by atoms with Crippen LogP contribution in [0.15, 0.2) is 48.5 Å². The molecular weight excluding hydrogens is 362 g/mol. The summed E-state index contributed by atoms with van der Waals surface area (Å²) < 4.78 is 14.6. The van der Waals surface area contributed by atoms with Crippen molar-refractivity contribution in [3.05, 3.63) is 59.1 Å². The number of esters is 2. The van der Waals surface area contributed by atoms with Crippen molar-refractivity contribution in [3.8, 4) is 5.75 Å². The Kier molecular flexibility index (Phi) is 6.99. The van der Waals surface area contributed by atoms with Crippen molar-refractivity contribution >= 4 is 35.1 Å². The quantitative estimate of drug-likeness (QED) is 0.746. The Morgan fingerprint density at radius 3 is 2.35 bits per heavy atom. The first kappa shape index (κ1) is 19.3. The molecule has 7 nitrogen and oxygen atoms in total. The van der Waals surface area contributed by atoms with Crippen molar-refractivity contribution < 1.29 is 28.6 Å². The summed E-state index contributed by atoms with van der Waals surface area (Å²) in [6.45, 7) is -0.839. The zero-order valence-corrected chi connectivity index (χ0v) is 14.6. The van der Waals surface area contributed by atoms with Gasteiger partial charge in [-0.15, -0.1) is 0 Å². The third-order valence-electron chi connectivity index (χ3n) is 3.14.